The summed E-state index contributed by atoms with van der Waals surface area (Å²) in [5.74, 6) is 0.415. The molecule has 1 aromatic carbocycles. The van der Waals surface area contributed by atoms with Crippen molar-refractivity contribution in [2.24, 2.45) is 5.92 Å². The molecule has 0 aromatic heterocycles. The predicted octanol–water partition coefficient (Wildman–Crippen LogP) is 2.95. The van der Waals surface area contributed by atoms with Crippen LogP contribution in [0, 0.1) is 5.92 Å². The Hall–Kier alpha value is -0.330. The van der Waals surface area contributed by atoms with E-state index >= 15 is 0 Å². The van der Waals surface area contributed by atoms with Gasteiger partial charge in [-0.1, -0.05) is 36.5 Å². The molecule has 4 nitrogen and oxygen atoms in total. The van der Waals surface area contributed by atoms with Crippen molar-refractivity contribution in [3.8, 4) is 0 Å². The van der Waals surface area contributed by atoms with Crippen molar-refractivity contribution in [3.05, 3.63) is 27.7 Å². The standard InChI is InChI=1S/C13H17Cl2NO3S/c1-2-3-8-4-12(8)16-20(18,19)13-5-9(7-17)10(14)6-11(13)15/h5-6,8,12,16-17H,2-4,7H2,1H3. The Balaban J connectivity index is 2.22. The van der Waals surface area contributed by atoms with Gasteiger partial charge in [0.05, 0.1) is 11.6 Å². The first-order chi connectivity index (χ1) is 9.39. The predicted molar refractivity (Wildman–Crippen MR) is 79.5 cm³/mol. The molecule has 2 atom stereocenters. The first kappa shape index (κ1) is 16.0. The number of aliphatic hydroxyl groups excluding tert-OH is 1. The lowest BCUT2D eigenvalue weighted by atomic mass is 10.2. The third kappa shape index (κ3) is 3.46. The van der Waals surface area contributed by atoms with E-state index in [9.17, 15) is 8.42 Å². The Morgan fingerprint density at radius 2 is 2.05 bits per heavy atom. The van der Waals surface area contributed by atoms with Crippen molar-refractivity contribution in [3.63, 3.8) is 0 Å². The van der Waals surface area contributed by atoms with Crippen molar-refractivity contribution in [1.29, 1.82) is 0 Å². The van der Waals surface area contributed by atoms with Gasteiger partial charge in [0.15, 0.2) is 0 Å². The highest BCUT2D eigenvalue weighted by Gasteiger charge is 2.39. The number of benzene rings is 1. The van der Waals surface area contributed by atoms with Gasteiger partial charge in [-0.2, -0.15) is 0 Å². The number of sulfonamides is 1. The van der Waals surface area contributed by atoms with Crippen LogP contribution >= 0.6 is 23.2 Å². The first-order valence-electron chi connectivity index (χ1n) is 6.50. The number of nitrogens with one attached hydrogen (secondary N) is 1. The second kappa shape index (κ2) is 6.20. The summed E-state index contributed by atoms with van der Waals surface area (Å²) in [5.41, 5.74) is 0.345. The molecule has 7 heteroatoms. The quantitative estimate of drug-likeness (QED) is 0.838. The molecule has 2 unspecified atom stereocenters. The van der Waals surface area contributed by atoms with Crippen molar-refractivity contribution < 1.29 is 13.5 Å². The van der Waals surface area contributed by atoms with Crippen LogP contribution in [0.4, 0.5) is 0 Å². The number of hydrogen-bond donors (Lipinski definition) is 2. The zero-order valence-corrected chi connectivity index (χ0v) is 13.4. The van der Waals surface area contributed by atoms with E-state index in [-0.39, 0.29) is 27.6 Å². The summed E-state index contributed by atoms with van der Waals surface area (Å²) in [6, 6.07) is 2.66. The Bertz CT molecular complexity index is 604. The fourth-order valence-electron chi connectivity index (χ4n) is 2.24. The molecule has 0 radical (unpaired) electrons. The molecule has 0 saturated heterocycles. The minimum atomic E-state index is -3.68. The molecule has 1 fully saturated rings. The highest BCUT2D eigenvalue weighted by Crippen LogP contribution is 2.37. The normalized spacial score (nSPS) is 22.0. The molecule has 0 bridgehead atoms. The highest BCUT2D eigenvalue weighted by atomic mass is 35.5. The van der Waals surface area contributed by atoms with Crippen LogP contribution in [0.3, 0.4) is 0 Å². The second-order valence-corrected chi connectivity index (χ2v) is 7.54. The molecule has 2 N–H and O–H groups in total. The monoisotopic (exact) mass is 337 g/mol. The Labute approximate surface area is 129 Å². The molecule has 0 amide bonds. The largest absolute Gasteiger partial charge is 0.392 e. The molecule has 1 aliphatic carbocycles. The lowest BCUT2D eigenvalue weighted by molar-refractivity contribution is 0.281. The van der Waals surface area contributed by atoms with Crippen LogP contribution in [0.15, 0.2) is 17.0 Å². The van der Waals surface area contributed by atoms with E-state index in [1.54, 1.807) is 0 Å². The van der Waals surface area contributed by atoms with E-state index in [0.29, 0.717) is 11.5 Å². The number of aliphatic hydroxyl groups is 1. The number of rotatable bonds is 6. The maximum Gasteiger partial charge on any atom is 0.242 e. The van der Waals surface area contributed by atoms with Crippen molar-refractivity contribution in [1.82, 2.24) is 4.72 Å². The Kier molecular flexibility index (Phi) is 4.97. The van der Waals surface area contributed by atoms with Gasteiger partial charge in [-0.25, -0.2) is 13.1 Å². The summed E-state index contributed by atoms with van der Waals surface area (Å²) in [5, 5.41) is 9.48. The summed E-state index contributed by atoms with van der Waals surface area (Å²) in [4.78, 5) is -0.0326. The molecule has 112 valence electrons. The van der Waals surface area contributed by atoms with E-state index in [2.05, 4.69) is 11.6 Å². The molecule has 20 heavy (non-hydrogen) atoms. The van der Waals surface area contributed by atoms with Crippen molar-refractivity contribution >= 4 is 33.2 Å². The molecule has 1 aliphatic rings. The third-order valence-electron chi connectivity index (χ3n) is 3.45. The van der Waals surface area contributed by atoms with E-state index in [1.807, 2.05) is 0 Å². The van der Waals surface area contributed by atoms with E-state index in [0.717, 1.165) is 19.3 Å². The minimum Gasteiger partial charge on any atom is -0.392 e. The molecular weight excluding hydrogens is 321 g/mol. The SMILES string of the molecule is CCCC1CC1NS(=O)(=O)c1cc(CO)c(Cl)cc1Cl. The summed E-state index contributed by atoms with van der Waals surface area (Å²) in [6.07, 6.45) is 2.92. The van der Waals surface area contributed by atoms with Gasteiger partial charge in [0, 0.05) is 11.1 Å². The highest BCUT2D eigenvalue weighted by molar-refractivity contribution is 7.89. The molecule has 1 saturated carbocycles. The zero-order chi connectivity index (χ0) is 14.9. The molecule has 2 rings (SSSR count). The topological polar surface area (TPSA) is 66.4 Å². The zero-order valence-electron chi connectivity index (χ0n) is 11.1. The van der Waals surface area contributed by atoms with Crippen LogP contribution in [0.25, 0.3) is 0 Å². The third-order valence-corrected chi connectivity index (χ3v) is 5.76. The average Bonchev–Trinajstić information content (AvgIpc) is 3.06. The van der Waals surface area contributed by atoms with E-state index in [1.165, 1.54) is 12.1 Å². The van der Waals surface area contributed by atoms with Crippen LogP contribution < -0.4 is 4.72 Å². The van der Waals surface area contributed by atoms with Crippen LogP contribution in [-0.4, -0.2) is 19.6 Å². The first-order valence-corrected chi connectivity index (χ1v) is 8.74. The Morgan fingerprint density at radius 3 is 2.65 bits per heavy atom. The van der Waals surface area contributed by atoms with Gasteiger partial charge in [0.2, 0.25) is 10.0 Å². The van der Waals surface area contributed by atoms with E-state index in [4.69, 9.17) is 28.3 Å². The van der Waals surface area contributed by atoms with Crippen molar-refractivity contribution in [2.75, 3.05) is 0 Å². The summed E-state index contributed by atoms with van der Waals surface area (Å²) in [6.45, 7) is 1.74. The van der Waals surface area contributed by atoms with Crippen LogP contribution in [0.5, 0.6) is 0 Å². The maximum absolute atomic E-state index is 12.3. The van der Waals surface area contributed by atoms with Gasteiger partial charge in [0.25, 0.3) is 0 Å². The Morgan fingerprint density at radius 1 is 1.35 bits per heavy atom. The average molecular weight is 338 g/mol. The second-order valence-electron chi connectivity index (χ2n) is 5.04. The van der Waals surface area contributed by atoms with Gasteiger partial charge < -0.3 is 5.11 Å². The van der Waals surface area contributed by atoms with Gasteiger partial charge in [-0.05, 0) is 36.5 Å². The molecule has 0 aliphatic heterocycles. The minimum absolute atomic E-state index is 0.00993. The number of hydrogen-bond acceptors (Lipinski definition) is 3. The fourth-order valence-corrected chi connectivity index (χ4v) is 4.42. The number of halogens is 2. The maximum atomic E-state index is 12.3. The van der Waals surface area contributed by atoms with Gasteiger partial charge in [-0.15, -0.1) is 0 Å². The van der Waals surface area contributed by atoms with Crippen LogP contribution in [0.1, 0.15) is 31.7 Å². The molecular formula is C13H17Cl2NO3S. The van der Waals surface area contributed by atoms with Gasteiger partial charge >= 0.3 is 0 Å². The lowest BCUT2D eigenvalue weighted by Gasteiger charge is -2.10. The molecule has 1 aromatic rings. The summed E-state index contributed by atoms with van der Waals surface area (Å²) < 4.78 is 27.3. The smallest absolute Gasteiger partial charge is 0.242 e. The lowest BCUT2D eigenvalue weighted by Crippen LogP contribution is -2.27. The summed E-state index contributed by atoms with van der Waals surface area (Å²) >= 11 is 11.8. The van der Waals surface area contributed by atoms with Crippen LogP contribution in [-0.2, 0) is 16.6 Å². The van der Waals surface area contributed by atoms with Gasteiger partial charge in [0.1, 0.15) is 4.90 Å². The van der Waals surface area contributed by atoms with Crippen LogP contribution in [0.2, 0.25) is 10.0 Å². The summed E-state index contributed by atoms with van der Waals surface area (Å²) in [7, 11) is -3.68. The van der Waals surface area contributed by atoms with Gasteiger partial charge in [-0.3, -0.25) is 0 Å². The van der Waals surface area contributed by atoms with E-state index < -0.39 is 10.0 Å². The fraction of sp³-hybridized carbons (Fsp3) is 0.538. The molecule has 0 spiro atoms. The molecule has 0 heterocycles. The van der Waals surface area contributed by atoms with Crippen molar-refractivity contribution in [2.45, 2.75) is 43.7 Å².